The minimum absolute atomic E-state index is 0.209. The lowest BCUT2D eigenvalue weighted by Crippen LogP contribution is -2.22. The molecule has 134 valence electrons. The maximum absolute atomic E-state index is 12.3. The molecule has 26 heavy (non-hydrogen) atoms. The van der Waals surface area contributed by atoms with Gasteiger partial charge in [-0.05, 0) is 49.2 Å². The number of amides is 1. The molecular formula is C20H21N3O3. The predicted octanol–water partition coefficient (Wildman–Crippen LogP) is 4.93. The second kappa shape index (κ2) is 7.47. The summed E-state index contributed by atoms with van der Waals surface area (Å²) < 4.78 is 10.4. The molecule has 4 rings (SSSR count). The summed E-state index contributed by atoms with van der Waals surface area (Å²) in [5, 5.41) is 10.2. The van der Waals surface area contributed by atoms with Crippen LogP contribution in [0.3, 0.4) is 0 Å². The number of furan rings is 1. The van der Waals surface area contributed by atoms with Crippen molar-refractivity contribution < 1.29 is 13.7 Å². The van der Waals surface area contributed by atoms with Crippen molar-refractivity contribution in [3.8, 4) is 11.5 Å². The highest BCUT2D eigenvalue weighted by atomic mass is 16.5. The number of benzene rings is 1. The molecule has 1 aliphatic rings. The van der Waals surface area contributed by atoms with Gasteiger partial charge in [0.05, 0.1) is 6.26 Å². The van der Waals surface area contributed by atoms with Crippen LogP contribution in [0.1, 0.15) is 42.6 Å². The summed E-state index contributed by atoms with van der Waals surface area (Å²) >= 11 is 0. The third-order valence-electron chi connectivity index (χ3n) is 4.63. The van der Waals surface area contributed by atoms with Gasteiger partial charge in [0, 0.05) is 23.5 Å². The summed E-state index contributed by atoms with van der Waals surface area (Å²) in [4.78, 5) is 12.3. The summed E-state index contributed by atoms with van der Waals surface area (Å²) in [6, 6.07) is 13.4. The molecule has 2 N–H and O–H groups in total. The van der Waals surface area contributed by atoms with E-state index in [1.54, 1.807) is 24.5 Å². The first-order valence-electron chi connectivity index (χ1n) is 8.96. The summed E-state index contributed by atoms with van der Waals surface area (Å²) in [5.41, 5.74) is 2.00. The summed E-state index contributed by atoms with van der Waals surface area (Å²) in [5.74, 6) is 0.640. The fourth-order valence-corrected chi connectivity index (χ4v) is 3.24. The first kappa shape index (κ1) is 16.4. The summed E-state index contributed by atoms with van der Waals surface area (Å²) in [6.07, 6.45) is 7.92. The van der Waals surface area contributed by atoms with E-state index in [0.29, 0.717) is 23.2 Å². The largest absolute Gasteiger partial charge is 0.461 e. The first-order valence-corrected chi connectivity index (χ1v) is 8.96. The molecule has 6 nitrogen and oxygen atoms in total. The van der Waals surface area contributed by atoms with Crippen molar-refractivity contribution in [2.75, 3.05) is 10.6 Å². The molecule has 1 amide bonds. The fraction of sp³-hybridized carbons (Fsp3) is 0.300. The second-order valence-corrected chi connectivity index (χ2v) is 6.56. The quantitative estimate of drug-likeness (QED) is 0.681. The molecule has 0 saturated heterocycles. The number of nitrogens with zero attached hydrogens (tertiary/aromatic N) is 1. The second-order valence-electron chi connectivity index (χ2n) is 6.56. The van der Waals surface area contributed by atoms with Crippen LogP contribution in [-0.4, -0.2) is 17.1 Å². The van der Waals surface area contributed by atoms with Gasteiger partial charge in [0.15, 0.2) is 11.5 Å². The van der Waals surface area contributed by atoms with Crippen LogP contribution in [0.15, 0.2) is 57.7 Å². The van der Waals surface area contributed by atoms with E-state index in [9.17, 15) is 4.79 Å². The Bertz CT molecular complexity index is 847. The Morgan fingerprint density at radius 3 is 2.50 bits per heavy atom. The SMILES string of the molecule is O=C(Nc1ccc(NC2CCCCC2)cc1)c1cc(-c2ccco2)on1. The predicted molar refractivity (Wildman–Crippen MR) is 99.1 cm³/mol. The number of anilines is 2. The van der Waals surface area contributed by atoms with E-state index >= 15 is 0 Å². The Morgan fingerprint density at radius 2 is 1.77 bits per heavy atom. The maximum Gasteiger partial charge on any atom is 0.277 e. The lowest BCUT2D eigenvalue weighted by atomic mass is 9.95. The minimum Gasteiger partial charge on any atom is -0.461 e. The highest BCUT2D eigenvalue weighted by Crippen LogP contribution is 2.23. The molecule has 0 spiro atoms. The molecule has 6 heteroatoms. The van der Waals surface area contributed by atoms with E-state index in [4.69, 9.17) is 8.94 Å². The van der Waals surface area contributed by atoms with Gasteiger partial charge in [0.1, 0.15) is 0 Å². The molecule has 1 aliphatic carbocycles. The van der Waals surface area contributed by atoms with Crippen molar-refractivity contribution in [2.45, 2.75) is 38.1 Å². The highest BCUT2D eigenvalue weighted by molar-refractivity contribution is 6.03. The molecule has 1 fully saturated rings. The standard InChI is InChI=1S/C20H21N3O3/c24-20(17-13-19(26-23-17)18-7-4-12-25-18)22-16-10-8-15(9-11-16)21-14-5-2-1-3-6-14/h4,7-14,21H,1-3,5-6H2,(H,22,24). The van der Waals surface area contributed by atoms with E-state index in [-0.39, 0.29) is 11.6 Å². The average molecular weight is 351 g/mol. The summed E-state index contributed by atoms with van der Waals surface area (Å²) in [7, 11) is 0. The van der Waals surface area contributed by atoms with Crippen LogP contribution in [-0.2, 0) is 0 Å². The van der Waals surface area contributed by atoms with Crippen LogP contribution in [0, 0.1) is 0 Å². The van der Waals surface area contributed by atoms with Crippen molar-refractivity contribution in [2.24, 2.45) is 0 Å². The van der Waals surface area contributed by atoms with E-state index in [2.05, 4.69) is 15.8 Å². The molecular weight excluding hydrogens is 330 g/mol. The maximum atomic E-state index is 12.3. The third-order valence-corrected chi connectivity index (χ3v) is 4.63. The Labute approximate surface area is 151 Å². The van der Waals surface area contributed by atoms with E-state index < -0.39 is 0 Å². The van der Waals surface area contributed by atoms with Gasteiger partial charge >= 0.3 is 0 Å². The zero-order valence-electron chi connectivity index (χ0n) is 14.4. The van der Waals surface area contributed by atoms with Crippen LogP contribution in [0.25, 0.3) is 11.5 Å². The smallest absolute Gasteiger partial charge is 0.277 e. The van der Waals surface area contributed by atoms with Crippen LogP contribution in [0.2, 0.25) is 0 Å². The third kappa shape index (κ3) is 3.79. The van der Waals surface area contributed by atoms with E-state index in [0.717, 1.165) is 5.69 Å². The first-order chi connectivity index (χ1) is 12.8. The highest BCUT2D eigenvalue weighted by Gasteiger charge is 2.16. The van der Waals surface area contributed by atoms with Crippen LogP contribution >= 0.6 is 0 Å². The van der Waals surface area contributed by atoms with Crippen LogP contribution in [0.5, 0.6) is 0 Å². The minimum atomic E-state index is -0.320. The topological polar surface area (TPSA) is 80.3 Å². The molecule has 2 aromatic heterocycles. The lowest BCUT2D eigenvalue weighted by molar-refractivity contribution is 0.101. The van der Waals surface area contributed by atoms with Gasteiger partial charge in [-0.25, -0.2) is 0 Å². The molecule has 0 bridgehead atoms. The Balaban J connectivity index is 1.37. The number of hydrogen-bond donors (Lipinski definition) is 2. The number of carbonyl (C=O) groups excluding carboxylic acids is 1. The number of rotatable bonds is 5. The molecule has 1 aromatic carbocycles. The normalized spacial score (nSPS) is 14.9. The van der Waals surface area contributed by atoms with Gasteiger partial charge < -0.3 is 19.6 Å². The molecule has 0 atom stereocenters. The van der Waals surface area contributed by atoms with Crippen molar-refractivity contribution in [1.82, 2.24) is 5.16 Å². The number of nitrogens with one attached hydrogen (secondary N) is 2. The molecule has 0 radical (unpaired) electrons. The molecule has 0 aliphatic heterocycles. The van der Waals surface area contributed by atoms with Gasteiger partial charge in [0.25, 0.3) is 5.91 Å². The Hall–Kier alpha value is -3.02. The van der Waals surface area contributed by atoms with Crippen molar-refractivity contribution >= 4 is 17.3 Å². The van der Waals surface area contributed by atoms with Crippen LogP contribution in [0.4, 0.5) is 11.4 Å². The van der Waals surface area contributed by atoms with Crippen LogP contribution < -0.4 is 10.6 Å². The molecule has 2 heterocycles. The van der Waals surface area contributed by atoms with E-state index in [1.165, 1.54) is 32.1 Å². The fourth-order valence-electron chi connectivity index (χ4n) is 3.24. The lowest BCUT2D eigenvalue weighted by Gasteiger charge is -2.23. The van der Waals surface area contributed by atoms with Crippen molar-refractivity contribution in [3.63, 3.8) is 0 Å². The number of carbonyl (C=O) groups is 1. The van der Waals surface area contributed by atoms with Gasteiger partial charge in [-0.2, -0.15) is 0 Å². The number of aromatic nitrogens is 1. The van der Waals surface area contributed by atoms with E-state index in [1.807, 2.05) is 24.3 Å². The zero-order valence-corrected chi connectivity index (χ0v) is 14.4. The average Bonchev–Trinajstić information content (AvgIpc) is 3.36. The Morgan fingerprint density at radius 1 is 1.00 bits per heavy atom. The molecule has 1 saturated carbocycles. The monoisotopic (exact) mass is 351 g/mol. The van der Waals surface area contributed by atoms with Gasteiger partial charge in [-0.3, -0.25) is 4.79 Å². The van der Waals surface area contributed by atoms with Gasteiger partial charge in [-0.15, -0.1) is 0 Å². The Kier molecular flexibility index (Phi) is 4.73. The number of hydrogen-bond acceptors (Lipinski definition) is 5. The molecule has 3 aromatic rings. The van der Waals surface area contributed by atoms with Crippen molar-refractivity contribution in [1.29, 1.82) is 0 Å². The zero-order chi connectivity index (χ0) is 17.8. The van der Waals surface area contributed by atoms with Crippen molar-refractivity contribution in [3.05, 3.63) is 54.4 Å². The van der Waals surface area contributed by atoms with Gasteiger partial charge in [0.2, 0.25) is 5.76 Å². The molecule has 0 unspecified atom stereocenters. The summed E-state index contributed by atoms with van der Waals surface area (Å²) in [6.45, 7) is 0. The van der Waals surface area contributed by atoms with Gasteiger partial charge in [-0.1, -0.05) is 24.4 Å².